The SMILES string of the molecule is Cc1cccc(-n2nc(NCc3ccc(Br)cc3)cc2-c2ccc3ncnn3c2)n1. The molecule has 7 nitrogen and oxygen atoms in total. The fourth-order valence-electron chi connectivity index (χ4n) is 3.26. The molecule has 1 aromatic carbocycles. The summed E-state index contributed by atoms with van der Waals surface area (Å²) in [4.78, 5) is 8.88. The van der Waals surface area contributed by atoms with E-state index in [1.54, 1.807) is 10.8 Å². The maximum atomic E-state index is 4.79. The van der Waals surface area contributed by atoms with Crippen LogP contribution in [0.4, 0.5) is 5.82 Å². The highest BCUT2D eigenvalue weighted by molar-refractivity contribution is 9.10. The Labute approximate surface area is 181 Å². The monoisotopic (exact) mass is 459 g/mol. The molecule has 0 bridgehead atoms. The van der Waals surface area contributed by atoms with Crippen LogP contribution in [0.2, 0.25) is 0 Å². The number of fused-ring (bicyclic) bond motifs is 1. The van der Waals surface area contributed by atoms with Crippen molar-refractivity contribution in [1.82, 2.24) is 29.4 Å². The molecule has 4 heterocycles. The van der Waals surface area contributed by atoms with Gasteiger partial charge in [-0.2, -0.15) is 5.10 Å². The van der Waals surface area contributed by atoms with Crippen molar-refractivity contribution >= 4 is 27.4 Å². The Balaban J connectivity index is 1.54. The van der Waals surface area contributed by atoms with Gasteiger partial charge in [-0.05, 0) is 48.9 Å². The zero-order valence-electron chi connectivity index (χ0n) is 16.2. The van der Waals surface area contributed by atoms with Crippen molar-refractivity contribution in [2.45, 2.75) is 13.5 Å². The molecule has 0 spiro atoms. The predicted octanol–water partition coefficient (Wildman–Crippen LogP) is 4.66. The molecule has 0 unspecified atom stereocenters. The number of nitrogens with zero attached hydrogens (tertiary/aromatic N) is 6. The molecular formula is C22H18BrN7. The van der Waals surface area contributed by atoms with E-state index in [1.807, 2.05) is 66.3 Å². The fraction of sp³-hybridized carbons (Fsp3) is 0.0909. The van der Waals surface area contributed by atoms with Gasteiger partial charge >= 0.3 is 0 Å². The molecule has 0 atom stereocenters. The van der Waals surface area contributed by atoms with Crippen molar-refractivity contribution < 1.29 is 0 Å². The second kappa shape index (κ2) is 7.72. The molecule has 5 rings (SSSR count). The Morgan fingerprint density at radius 1 is 1.03 bits per heavy atom. The van der Waals surface area contributed by atoms with E-state index < -0.39 is 0 Å². The van der Waals surface area contributed by atoms with Crippen LogP contribution in [0, 0.1) is 6.92 Å². The van der Waals surface area contributed by atoms with Crippen molar-refractivity contribution in [3.8, 4) is 17.1 Å². The predicted molar refractivity (Wildman–Crippen MR) is 120 cm³/mol. The molecular weight excluding hydrogens is 442 g/mol. The first-order chi connectivity index (χ1) is 14.7. The molecule has 0 aliphatic rings. The number of aromatic nitrogens is 6. The summed E-state index contributed by atoms with van der Waals surface area (Å²) in [5.41, 5.74) is 4.80. The third kappa shape index (κ3) is 3.69. The lowest BCUT2D eigenvalue weighted by atomic mass is 10.2. The maximum absolute atomic E-state index is 4.79. The van der Waals surface area contributed by atoms with Gasteiger partial charge in [0.2, 0.25) is 0 Å². The normalized spacial score (nSPS) is 11.1. The van der Waals surface area contributed by atoms with Crippen molar-refractivity contribution in [2.75, 3.05) is 5.32 Å². The van der Waals surface area contributed by atoms with E-state index in [4.69, 9.17) is 5.10 Å². The zero-order chi connectivity index (χ0) is 20.5. The summed E-state index contributed by atoms with van der Waals surface area (Å²) in [5.74, 6) is 1.54. The minimum atomic E-state index is 0.674. The quantitative estimate of drug-likeness (QED) is 0.413. The highest BCUT2D eigenvalue weighted by atomic mass is 79.9. The van der Waals surface area contributed by atoms with Gasteiger partial charge in [-0.15, -0.1) is 5.10 Å². The van der Waals surface area contributed by atoms with Gasteiger partial charge in [-0.25, -0.2) is 19.2 Å². The van der Waals surface area contributed by atoms with Gasteiger partial charge in [0.1, 0.15) is 12.1 Å². The van der Waals surface area contributed by atoms with E-state index >= 15 is 0 Å². The van der Waals surface area contributed by atoms with Crippen LogP contribution >= 0.6 is 15.9 Å². The van der Waals surface area contributed by atoms with Crippen LogP contribution < -0.4 is 5.32 Å². The van der Waals surface area contributed by atoms with Crippen LogP contribution in [-0.4, -0.2) is 29.4 Å². The van der Waals surface area contributed by atoms with E-state index in [0.29, 0.717) is 6.54 Å². The molecule has 0 saturated heterocycles. The van der Waals surface area contributed by atoms with E-state index in [0.717, 1.165) is 38.7 Å². The van der Waals surface area contributed by atoms with E-state index in [2.05, 4.69) is 48.4 Å². The van der Waals surface area contributed by atoms with Gasteiger partial charge in [0.05, 0.1) is 5.69 Å². The Morgan fingerprint density at radius 2 is 1.90 bits per heavy atom. The Bertz CT molecular complexity index is 1320. The highest BCUT2D eigenvalue weighted by Gasteiger charge is 2.14. The van der Waals surface area contributed by atoms with Gasteiger partial charge in [-0.3, -0.25) is 0 Å². The highest BCUT2D eigenvalue weighted by Crippen LogP contribution is 2.26. The lowest BCUT2D eigenvalue weighted by molar-refractivity contribution is 0.844. The molecule has 30 heavy (non-hydrogen) atoms. The molecule has 0 fully saturated rings. The first kappa shape index (κ1) is 18.5. The molecule has 148 valence electrons. The molecule has 1 N–H and O–H groups in total. The van der Waals surface area contributed by atoms with Crippen LogP contribution in [0.25, 0.3) is 22.7 Å². The van der Waals surface area contributed by atoms with E-state index in [1.165, 1.54) is 5.56 Å². The second-order valence-electron chi connectivity index (χ2n) is 6.92. The van der Waals surface area contributed by atoms with Gasteiger partial charge < -0.3 is 5.32 Å². The van der Waals surface area contributed by atoms with Crippen molar-refractivity contribution in [2.24, 2.45) is 0 Å². The maximum Gasteiger partial charge on any atom is 0.155 e. The zero-order valence-corrected chi connectivity index (χ0v) is 17.8. The summed E-state index contributed by atoms with van der Waals surface area (Å²) in [5, 5.41) is 12.5. The van der Waals surface area contributed by atoms with Crippen molar-refractivity contribution in [1.29, 1.82) is 0 Å². The molecule has 0 aliphatic carbocycles. The summed E-state index contributed by atoms with van der Waals surface area (Å²) in [6.07, 6.45) is 3.49. The topological polar surface area (TPSA) is 72.9 Å². The number of rotatable bonds is 5. The van der Waals surface area contributed by atoms with E-state index in [-0.39, 0.29) is 0 Å². The average molecular weight is 460 g/mol. The minimum absolute atomic E-state index is 0.674. The van der Waals surface area contributed by atoms with E-state index in [9.17, 15) is 0 Å². The number of hydrogen-bond donors (Lipinski definition) is 1. The summed E-state index contributed by atoms with van der Waals surface area (Å²) < 4.78 is 4.67. The van der Waals surface area contributed by atoms with Gasteiger partial charge in [0, 0.05) is 34.5 Å². The summed E-state index contributed by atoms with van der Waals surface area (Å²) in [6, 6.07) is 20.1. The summed E-state index contributed by atoms with van der Waals surface area (Å²) in [7, 11) is 0. The van der Waals surface area contributed by atoms with Gasteiger partial charge in [0.25, 0.3) is 0 Å². The molecule has 0 aliphatic heterocycles. The average Bonchev–Trinajstić information content (AvgIpc) is 3.40. The molecule has 5 aromatic rings. The summed E-state index contributed by atoms with van der Waals surface area (Å²) in [6.45, 7) is 2.65. The minimum Gasteiger partial charge on any atom is -0.364 e. The lowest BCUT2D eigenvalue weighted by Crippen LogP contribution is -2.04. The van der Waals surface area contributed by atoms with Gasteiger partial charge in [-0.1, -0.05) is 34.1 Å². The number of anilines is 1. The van der Waals surface area contributed by atoms with Crippen LogP contribution in [-0.2, 0) is 6.54 Å². The van der Waals surface area contributed by atoms with Crippen molar-refractivity contribution in [3.63, 3.8) is 0 Å². The van der Waals surface area contributed by atoms with Gasteiger partial charge in [0.15, 0.2) is 11.5 Å². The van der Waals surface area contributed by atoms with Crippen molar-refractivity contribution in [3.05, 3.63) is 88.9 Å². The van der Waals surface area contributed by atoms with Crippen LogP contribution in [0.15, 0.2) is 77.7 Å². The molecule has 4 aromatic heterocycles. The number of nitrogens with one attached hydrogen (secondary N) is 1. The van der Waals surface area contributed by atoms with Crippen LogP contribution in [0.3, 0.4) is 0 Å². The second-order valence-corrected chi connectivity index (χ2v) is 7.84. The standard InChI is InChI=1S/C22H18BrN7/c1-15-3-2-4-22(27-15)30-19(17-7-10-21-25-14-26-29(21)13-17)11-20(28-30)24-12-16-5-8-18(23)9-6-16/h2-11,13-14H,12H2,1H3,(H,24,28). The number of halogens is 1. The Morgan fingerprint density at radius 3 is 2.73 bits per heavy atom. The molecule has 0 amide bonds. The Kier molecular flexibility index (Phi) is 4.76. The number of aryl methyl sites for hydroxylation is 1. The molecule has 8 heteroatoms. The largest absolute Gasteiger partial charge is 0.364 e. The smallest absolute Gasteiger partial charge is 0.155 e. The summed E-state index contributed by atoms with van der Waals surface area (Å²) >= 11 is 3.47. The first-order valence-corrected chi connectivity index (χ1v) is 10.3. The van der Waals surface area contributed by atoms with Crippen LogP contribution in [0.5, 0.6) is 0 Å². The number of benzene rings is 1. The Hall–Kier alpha value is -3.52. The number of pyridine rings is 2. The van der Waals surface area contributed by atoms with Crippen LogP contribution in [0.1, 0.15) is 11.3 Å². The third-order valence-electron chi connectivity index (χ3n) is 4.76. The fourth-order valence-corrected chi connectivity index (χ4v) is 3.52. The first-order valence-electron chi connectivity index (χ1n) is 9.48. The molecule has 0 saturated carbocycles. The lowest BCUT2D eigenvalue weighted by Gasteiger charge is -2.07. The molecule has 0 radical (unpaired) electrons. The third-order valence-corrected chi connectivity index (χ3v) is 5.29. The number of hydrogen-bond acceptors (Lipinski definition) is 5.